The van der Waals surface area contributed by atoms with Gasteiger partial charge in [-0.15, -0.1) is 0 Å². The van der Waals surface area contributed by atoms with Crippen molar-refractivity contribution in [3.05, 3.63) is 64.0 Å². The van der Waals surface area contributed by atoms with Gasteiger partial charge in [0.1, 0.15) is 0 Å². The zero-order valence-electron chi connectivity index (χ0n) is 21.0. The zero-order valence-corrected chi connectivity index (χ0v) is 21.0. The minimum absolute atomic E-state index is 0.725. The molecule has 1 saturated carbocycles. The molecule has 0 amide bonds. The molecule has 0 bridgehead atoms. The van der Waals surface area contributed by atoms with Gasteiger partial charge in [-0.3, -0.25) is 4.98 Å². The second kappa shape index (κ2) is 14.4. The van der Waals surface area contributed by atoms with Crippen molar-refractivity contribution in [2.24, 2.45) is 5.92 Å². The quantitative estimate of drug-likeness (QED) is 0.545. The van der Waals surface area contributed by atoms with Crippen molar-refractivity contribution in [1.29, 1.82) is 5.26 Å². The van der Waals surface area contributed by atoms with E-state index in [2.05, 4.69) is 56.2 Å². The average molecular weight is 436 g/mol. The van der Waals surface area contributed by atoms with Crippen LogP contribution in [0.5, 0.6) is 0 Å². The Morgan fingerprint density at radius 2 is 1.75 bits per heavy atom. The maximum absolute atomic E-state index is 9.36. The van der Waals surface area contributed by atoms with Gasteiger partial charge in [0.2, 0.25) is 0 Å². The molecular formula is C28H41N3O. The van der Waals surface area contributed by atoms with Gasteiger partial charge in [0.05, 0.1) is 23.5 Å². The number of nitrogens with one attached hydrogen (secondary N) is 1. The van der Waals surface area contributed by atoms with Crippen LogP contribution in [0.4, 0.5) is 5.69 Å². The highest BCUT2D eigenvalue weighted by atomic mass is 16.2. The molecule has 1 fully saturated rings. The molecule has 4 heteroatoms. The lowest BCUT2D eigenvalue weighted by molar-refractivity contribution is 0.385. The Kier molecular flexibility index (Phi) is 12.4. The lowest BCUT2D eigenvalue weighted by atomic mass is 9.89. The molecule has 1 aromatic heterocycles. The number of hydrogen-bond acceptors (Lipinski definition) is 4. The molecule has 1 aromatic carbocycles. The molecule has 0 saturated heterocycles. The van der Waals surface area contributed by atoms with Gasteiger partial charge in [-0.05, 0) is 67.0 Å². The molecule has 1 heterocycles. The van der Waals surface area contributed by atoms with Crippen LogP contribution in [-0.2, 0) is 0 Å². The molecule has 1 aliphatic rings. The topological polar surface area (TPSA) is 68.9 Å². The number of aliphatic hydroxyl groups is 1. The van der Waals surface area contributed by atoms with Crippen molar-refractivity contribution in [3.8, 4) is 6.07 Å². The predicted octanol–water partition coefficient (Wildman–Crippen LogP) is 6.96. The third kappa shape index (κ3) is 7.50. The fourth-order valence-corrected chi connectivity index (χ4v) is 4.19. The maximum Gasteiger partial charge on any atom is 0.0994 e. The zero-order chi connectivity index (χ0) is 24.1. The van der Waals surface area contributed by atoms with Gasteiger partial charge >= 0.3 is 0 Å². The van der Waals surface area contributed by atoms with E-state index < -0.39 is 0 Å². The second-order valence-corrected chi connectivity index (χ2v) is 8.47. The molecule has 2 N–H and O–H groups in total. The summed E-state index contributed by atoms with van der Waals surface area (Å²) in [5.74, 6) is 1.04. The normalized spacial score (nSPS) is 13.8. The Morgan fingerprint density at radius 1 is 1.09 bits per heavy atom. The Bertz CT molecular complexity index is 919. The Balaban J connectivity index is 0.000000477. The fourth-order valence-electron chi connectivity index (χ4n) is 4.19. The lowest BCUT2D eigenvalue weighted by Gasteiger charge is -2.17. The van der Waals surface area contributed by atoms with Gasteiger partial charge < -0.3 is 10.4 Å². The van der Waals surface area contributed by atoms with E-state index in [0.717, 1.165) is 53.0 Å². The number of nitriles is 1. The van der Waals surface area contributed by atoms with E-state index in [1.54, 1.807) is 0 Å². The van der Waals surface area contributed by atoms with E-state index >= 15 is 0 Å². The maximum atomic E-state index is 9.36. The molecule has 1 aliphatic carbocycles. The Morgan fingerprint density at radius 3 is 2.25 bits per heavy atom. The number of rotatable bonds is 4. The molecule has 0 atom stereocenters. The summed E-state index contributed by atoms with van der Waals surface area (Å²) >= 11 is 0. The standard InChI is InChI=1S/C20H23N3.C7H14.CH4O/c1-6-7-17(19-11-23-12-20(22-5)15(19)4)18-9-16(10-21)13(2)8-14(18)3;1-7-5-3-2-4-6-7;1-2/h7-9,11-12,22H,6H2,1-5H3;7H,2-6H2,1H3;2H,1H3/b17-7+;;. The van der Waals surface area contributed by atoms with Crippen LogP contribution in [0.25, 0.3) is 5.57 Å². The van der Waals surface area contributed by atoms with Gasteiger partial charge in [-0.2, -0.15) is 5.26 Å². The van der Waals surface area contributed by atoms with Gasteiger partial charge in [-0.25, -0.2) is 0 Å². The summed E-state index contributed by atoms with van der Waals surface area (Å²) in [5, 5.41) is 19.5. The SMILES string of the molecule is CC/C=C(\c1cc(C#N)c(C)cc1C)c1cncc(NC)c1C.CC1CCCCC1.CO. The summed E-state index contributed by atoms with van der Waals surface area (Å²) < 4.78 is 0. The molecule has 4 nitrogen and oxygen atoms in total. The summed E-state index contributed by atoms with van der Waals surface area (Å²) in [6.07, 6.45) is 14.3. The third-order valence-corrected chi connectivity index (χ3v) is 6.06. The van der Waals surface area contributed by atoms with Crippen molar-refractivity contribution < 1.29 is 5.11 Å². The molecule has 0 aliphatic heterocycles. The summed E-state index contributed by atoms with van der Waals surface area (Å²) in [7, 11) is 2.90. The van der Waals surface area contributed by atoms with Crippen LogP contribution in [0, 0.1) is 38.0 Å². The number of aromatic nitrogens is 1. The van der Waals surface area contributed by atoms with Crippen LogP contribution in [0.15, 0.2) is 30.6 Å². The minimum atomic E-state index is 0.725. The molecule has 174 valence electrons. The van der Waals surface area contributed by atoms with Gasteiger partial charge in [0, 0.05) is 25.9 Å². The molecule has 0 radical (unpaired) electrons. The number of allylic oxidation sites excluding steroid dienone is 1. The van der Waals surface area contributed by atoms with Crippen LogP contribution in [0.1, 0.15) is 85.8 Å². The van der Waals surface area contributed by atoms with Gasteiger partial charge in [0.25, 0.3) is 0 Å². The number of benzene rings is 1. The van der Waals surface area contributed by atoms with Crippen molar-refractivity contribution in [3.63, 3.8) is 0 Å². The van der Waals surface area contributed by atoms with Crippen LogP contribution in [-0.4, -0.2) is 24.2 Å². The first-order valence-electron chi connectivity index (χ1n) is 11.7. The van der Waals surface area contributed by atoms with Crippen molar-refractivity contribution in [2.45, 2.75) is 73.1 Å². The van der Waals surface area contributed by atoms with E-state index in [9.17, 15) is 5.26 Å². The van der Waals surface area contributed by atoms with Crippen LogP contribution in [0.2, 0.25) is 0 Å². The van der Waals surface area contributed by atoms with Crippen molar-refractivity contribution in [2.75, 3.05) is 19.5 Å². The molecular weight excluding hydrogens is 394 g/mol. The lowest BCUT2D eigenvalue weighted by Crippen LogP contribution is -2.01. The first-order chi connectivity index (χ1) is 15.4. The summed E-state index contributed by atoms with van der Waals surface area (Å²) in [4.78, 5) is 4.37. The van der Waals surface area contributed by atoms with E-state index in [1.807, 2.05) is 32.4 Å². The molecule has 32 heavy (non-hydrogen) atoms. The monoisotopic (exact) mass is 435 g/mol. The second-order valence-electron chi connectivity index (χ2n) is 8.47. The molecule has 2 aromatic rings. The number of pyridine rings is 1. The number of aryl methyl sites for hydroxylation is 2. The van der Waals surface area contributed by atoms with Crippen LogP contribution in [0.3, 0.4) is 0 Å². The van der Waals surface area contributed by atoms with E-state index in [0.29, 0.717) is 0 Å². The van der Waals surface area contributed by atoms with E-state index in [4.69, 9.17) is 5.11 Å². The van der Waals surface area contributed by atoms with Crippen molar-refractivity contribution >= 4 is 11.3 Å². The van der Waals surface area contributed by atoms with Crippen molar-refractivity contribution in [1.82, 2.24) is 4.98 Å². The third-order valence-electron chi connectivity index (χ3n) is 6.06. The van der Waals surface area contributed by atoms with Crippen LogP contribution >= 0.6 is 0 Å². The van der Waals surface area contributed by atoms with Gasteiger partial charge in [0.15, 0.2) is 0 Å². The number of aliphatic hydroxyl groups excluding tert-OH is 1. The summed E-state index contributed by atoms with van der Waals surface area (Å²) in [6, 6.07) is 6.38. The highest BCUT2D eigenvalue weighted by Crippen LogP contribution is 2.32. The van der Waals surface area contributed by atoms with Crippen LogP contribution < -0.4 is 5.32 Å². The van der Waals surface area contributed by atoms with E-state index in [-0.39, 0.29) is 0 Å². The molecule has 0 unspecified atom stereocenters. The highest BCUT2D eigenvalue weighted by Gasteiger charge is 2.14. The predicted molar refractivity (Wildman–Crippen MR) is 137 cm³/mol. The number of nitrogens with zero attached hydrogens (tertiary/aromatic N) is 2. The first-order valence-corrected chi connectivity index (χ1v) is 11.7. The Hall–Kier alpha value is -2.64. The summed E-state index contributed by atoms with van der Waals surface area (Å²) in [5.41, 5.74) is 8.46. The number of hydrogen-bond donors (Lipinski definition) is 2. The minimum Gasteiger partial charge on any atom is -0.400 e. The number of anilines is 1. The highest BCUT2D eigenvalue weighted by molar-refractivity contribution is 5.85. The molecule has 3 rings (SSSR count). The summed E-state index contributed by atoms with van der Waals surface area (Å²) in [6.45, 7) is 10.7. The van der Waals surface area contributed by atoms with E-state index in [1.165, 1.54) is 43.2 Å². The average Bonchev–Trinajstić information content (AvgIpc) is 2.81. The fraction of sp³-hybridized carbons (Fsp3) is 0.500. The first kappa shape index (κ1) is 27.4. The molecule has 0 spiro atoms. The smallest absolute Gasteiger partial charge is 0.0994 e. The largest absolute Gasteiger partial charge is 0.400 e. The van der Waals surface area contributed by atoms with Gasteiger partial charge in [-0.1, -0.05) is 58.1 Å². The Labute approximate surface area is 195 Å².